The molecule has 0 saturated carbocycles. The van der Waals surface area contributed by atoms with Crippen LogP contribution in [0.3, 0.4) is 0 Å². The zero-order valence-corrected chi connectivity index (χ0v) is 10.9. The van der Waals surface area contributed by atoms with E-state index < -0.39 is 0 Å². The third-order valence-electron chi connectivity index (χ3n) is 3.28. The summed E-state index contributed by atoms with van der Waals surface area (Å²) in [6, 6.07) is 0.420. The average Bonchev–Trinajstić information content (AvgIpc) is 2.45. The van der Waals surface area contributed by atoms with Gasteiger partial charge in [0, 0.05) is 6.42 Å². The van der Waals surface area contributed by atoms with Crippen LogP contribution in [0.2, 0.25) is 0 Å². The van der Waals surface area contributed by atoms with Crippen LogP contribution < -0.4 is 0 Å². The lowest BCUT2D eigenvalue weighted by Crippen LogP contribution is -2.55. The van der Waals surface area contributed by atoms with Crippen molar-refractivity contribution in [1.82, 2.24) is 4.90 Å². The minimum atomic E-state index is 0.00579. The van der Waals surface area contributed by atoms with Crippen LogP contribution in [0.4, 0.5) is 0 Å². The van der Waals surface area contributed by atoms with Crippen LogP contribution in [0.5, 0.6) is 0 Å². The first-order valence-electron chi connectivity index (χ1n) is 6.02. The van der Waals surface area contributed by atoms with Gasteiger partial charge in [0.2, 0.25) is 0 Å². The molecule has 2 heterocycles. The lowest BCUT2D eigenvalue weighted by molar-refractivity contribution is -0.134. The third kappa shape index (κ3) is 2.35. The fourth-order valence-corrected chi connectivity index (χ4v) is 2.98. The number of fused-ring (bicyclic) bond motifs is 1. The van der Waals surface area contributed by atoms with Crippen LogP contribution in [0, 0.1) is 0 Å². The van der Waals surface area contributed by atoms with Crippen LogP contribution >= 0.6 is 0 Å². The Morgan fingerprint density at radius 1 is 1.27 bits per heavy atom. The van der Waals surface area contributed by atoms with Gasteiger partial charge in [-0.3, -0.25) is 4.90 Å². The van der Waals surface area contributed by atoms with Crippen molar-refractivity contribution in [1.29, 1.82) is 0 Å². The van der Waals surface area contributed by atoms with Crippen molar-refractivity contribution < 1.29 is 9.47 Å². The lowest BCUT2D eigenvalue weighted by atomic mass is 9.84. The standard InChI is InChI=1S/C10H19NO2.C2H6/c1-7-5-10(3)9(8(2)13-7)11(4)6-12-10;1-2/h7-9H,5-6H2,1-4H3;1-2H3. The van der Waals surface area contributed by atoms with Gasteiger partial charge in [-0.25, -0.2) is 0 Å². The van der Waals surface area contributed by atoms with E-state index in [4.69, 9.17) is 9.47 Å². The summed E-state index contributed by atoms with van der Waals surface area (Å²) in [5.74, 6) is 0. The predicted molar refractivity (Wildman–Crippen MR) is 61.9 cm³/mol. The molecule has 0 N–H and O–H groups in total. The summed E-state index contributed by atoms with van der Waals surface area (Å²) in [7, 11) is 2.10. The zero-order valence-electron chi connectivity index (χ0n) is 10.9. The Hall–Kier alpha value is -0.120. The van der Waals surface area contributed by atoms with Crippen LogP contribution in [0.25, 0.3) is 0 Å². The molecule has 0 radical (unpaired) electrons. The number of hydrogen-bond donors (Lipinski definition) is 0. The molecular formula is C12H25NO2. The second-order valence-corrected chi connectivity index (χ2v) is 4.64. The van der Waals surface area contributed by atoms with Gasteiger partial charge in [0.05, 0.1) is 30.6 Å². The summed E-state index contributed by atoms with van der Waals surface area (Å²) in [5.41, 5.74) is 0.00579. The van der Waals surface area contributed by atoms with Gasteiger partial charge >= 0.3 is 0 Å². The monoisotopic (exact) mass is 215 g/mol. The molecule has 2 rings (SSSR count). The summed E-state index contributed by atoms with van der Waals surface area (Å²) >= 11 is 0. The molecule has 0 amide bonds. The van der Waals surface area contributed by atoms with Gasteiger partial charge in [0.1, 0.15) is 0 Å². The van der Waals surface area contributed by atoms with E-state index >= 15 is 0 Å². The quantitative estimate of drug-likeness (QED) is 0.618. The van der Waals surface area contributed by atoms with Gasteiger partial charge in [0.15, 0.2) is 0 Å². The molecule has 2 aliphatic heterocycles. The molecule has 0 aliphatic carbocycles. The first-order valence-corrected chi connectivity index (χ1v) is 6.02. The Morgan fingerprint density at radius 2 is 1.87 bits per heavy atom. The highest BCUT2D eigenvalue weighted by molar-refractivity contribution is 5.01. The number of rotatable bonds is 0. The van der Waals surface area contributed by atoms with Crippen molar-refractivity contribution in [2.24, 2.45) is 0 Å². The first kappa shape index (κ1) is 12.9. The molecule has 0 aromatic heterocycles. The summed E-state index contributed by atoms with van der Waals surface area (Å²) < 4.78 is 11.7. The summed E-state index contributed by atoms with van der Waals surface area (Å²) in [6.07, 6.45) is 1.61. The fraction of sp³-hybridized carbons (Fsp3) is 1.00. The third-order valence-corrected chi connectivity index (χ3v) is 3.28. The number of ether oxygens (including phenoxy) is 2. The highest BCUT2D eigenvalue weighted by atomic mass is 16.6. The van der Waals surface area contributed by atoms with Gasteiger partial charge < -0.3 is 9.47 Å². The molecule has 0 aromatic carbocycles. The molecule has 90 valence electrons. The molecule has 0 spiro atoms. The molecular weight excluding hydrogens is 190 g/mol. The van der Waals surface area contributed by atoms with Crippen molar-refractivity contribution in [2.45, 2.75) is 64.9 Å². The molecule has 3 nitrogen and oxygen atoms in total. The normalized spacial score (nSPS) is 45.6. The minimum absolute atomic E-state index is 0.00579. The summed E-state index contributed by atoms with van der Waals surface area (Å²) in [6.45, 7) is 11.2. The molecule has 15 heavy (non-hydrogen) atoms. The van der Waals surface area contributed by atoms with E-state index in [-0.39, 0.29) is 11.7 Å². The molecule has 0 aromatic rings. The van der Waals surface area contributed by atoms with E-state index in [0.29, 0.717) is 12.1 Å². The van der Waals surface area contributed by atoms with Gasteiger partial charge in [-0.2, -0.15) is 0 Å². The van der Waals surface area contributed by atoms with E-state index in [1.807, 2.05) is 13.8 Å². The highest BCUT2D eigenvalue weighted by Crippen LogP contribution is 2.38. The maximum absolute atomic E-state index is 5.84. The fourth-order valence-electron chi connectivity index (χ4n) is 2.98. The van der Waals surface area contributed by atoms with Gasteiger partial charge in [-0.05, 0) is 27.8 Å². The Bertz CT molecular complexity index is 210. The molecule has 2 fully saturated rings. The van der Waals surface area contributed by atoms with E-state index in [9.17, 15) is 0 Å². The second kappa shape index (κ2) is 4.81. The van der Waals surface area contributed by atoms with E-state index in [0.717, 1.165) is 13.2 Å². The van der Waals surface area contributed by atoms with Crippen molar-refractivity contribution in [2.75, 3.05) is 13.8 Å². The van der Waals surface area contributed by atoms with Crippen LogP contribution in [-0.2, 0) is 9.47 Å². The van der Waals surface area contributed by atoms with E-state index in [1.54, 1.807) is 0 Å². The number of hydrogen-bond acceptors (Lipinski definition) is 3. The Balaban J connectivity index is 0.000000531. The second-order valence-electron chi connectivity index (χ2n) is 4.64. The topological polar surface area (TPSA) is 21.7 Å². The van der Waals surface area contributed by atoms with Crippen LogP contribution in [0.1, 0.15) is 41.0 Å². The molecule has 2 aliphatic rings. The van der Waals surface area contributed by atoms with Crippen molar-refractivity contribution in [3.63, 3.8) is 0 Å². The van der Waals surface area contributed by atoms with Crippen molar-refractivity contribution in [3.8, 4) is 0 Å². The van der Waals surface area contributed by atoms with Crippen LogP contribution in [0.15, 0.2) is 0 Å². The van der Waals surface area contributed by atoms with E-state index in [2.05, 4.69) is 32.7 Å². The van der Waals surface area contributed by atoms with Gasteiger partial charge in [-0.1, -0.05) is 13.8 Å². The van der Waals surface area contributed by atoms with E-state index in [1.165, 1.54) is 0 Å². The lowest BCUT2D eigenvalue weighted by Gasteiger charge is -2.43. The molecule has 4 atom stereocenters. The average molecular weight is 215 g/mol. The Morgan fingerprint density at radius 3 is 2.47 bits per heavy atom. The van der Waals surface area contributed by atoms with Crippen LogP contribution in [-0.4, -0.2) is 42.5 Å². The summed E-state index contributed by atoms with van der Waals surface area (Å²) in [4.78, 5) is 2.25. The smallest absolute Gasteiger partial charge is 0.1000 e. The minimum Gasteiger partial charge on any atom is -0.374 e. The SMILES string of the molecule is CC.CC1CC2(C)OCN(C)C2C(C)O1. The van der Waals surface area contributed by atoms with Crippen molar-refractivity contribution >= 4 is 0 Å². The summed E-state index contributed by atoms with van der Waals surface area (Å²) in [5, 5.41) is 0. The Labute approximate surface area is 93.7 Å². The van der Waals surface area contributed by atoms with Gasteiger partial charge in [-0.15, -0.1) is 0 Å². The molecule has 4 unspecified atom stereocenters. The predicted octanol–water partition coefficient (Wildman–Crippen LogP) is 2.26. The maximum atomic E-state index is 5.84. The molecule has 0 bridgehead atoms. The first-order chi connectivity index (χ1) is 7.03. The molecule has 2 saturated heterocycles. The largest absolute Gasteiger partial charge is 0.374 e. The number of nitrogens with zero attached hydrogens (tertiary/aromatic N) is 1. The number of likely N-dealkylation sites (N-methyl/N-ethyl adjacent to an activating group) is 1. The molecule has 3 heteroatoms. The zero-order chi connectivity index (χ0) is 11.6. The highest BCUT2D eigenvalue weighted by Gasteiger charge is 2.50. The Kier molecular flexibility index (Phi) is 4.15. The van der Waals surface area contributed by atoms with Crippen molar-refractivity contribution in [3.05, 3.63) is 0 Å². The van der Waals surface area contributed by atoms with Gasteiger partial charge in [0.25, 0.3) is 0 Å². The maximum Gasteiger partial charge on any atom is 0.1000 e.